The van der Waals surface area contributed by atoms with Crippen LogP contribution in [0.1, 0.15) is 58.5 Å². The van der Waals surface area contributed by atoms with Crippen LogP contribution in [0.5, 0.6) is 0 Å². The van der Waals surface area contributed by atoms with Gasteiger partial charge in [0.25, 0.3) is 11.8 Å². The Labute approximate surface area is 263 Å². The lowest BCUT2D eigenvalue weighted by Crippen LogP contribution is -2.55. The summed E-state index contributed by atoms with van der Waals surface area (Å²) in [5, 5.41) is 0. The van der Waals surface area contributed by atoms with Crippen molar-refractivity contribution < 1.29 is 23.9 Å². The monoisotopic (exact) mass is 600 g/mol. The van der Waals surface area contributed by atoms with Crippen molar-refractivity contribution in [3.63, 3.8) is 0 Å². The summed E-state index contributed by atoms with van der Waals surface area (Å²) in [6.45, 7) is 4.05. The van der Waals surface area contributed by atoms with Crippen LogP contribution >= 0.6 is 0 Å². The molecular weight excluding hydrogens is 564 g/mol. The first-order valence-electron chi connectivity index (χ1n) is 15.4. The van der Waals surface area contributed by atoms with Crippen LogP contribution < -0.4 is 0 Å². The van der Waals surface area contributed by atoms with E-state index in [-0.39, 0.29) is 49.1 Å². The van der Waals surface area contributed by atoms with Crippen LogP contribution in [0.25, 0.3) is 11.1 Å². The molecular formula is C38H36N2O5. The Kier molecular flexibility index (Phi) is 8.35. The number of carbonyl (C=O) groups excluding carboxylic acids is 4. The van der Waals surface area contributed by atoms with Crippen molar-refractivity contribution in [2.45, 2.75) is 51.1 Å². The summed E-state index contributed by atoms with van der Waals surface area (Å²) < 4.78 is 5.26. The highest BCUT2D eigenvalue weighted by atomic mass is 16.6. The van der Waals surface area contributed by atoms with Crippen molar-refractivity contribution in [1.29, 1.82) is 0 Å². The molecule has 2 aliphatic heterocycles. The lowest BCUT2D eigenvalue weighted by atomic mass is 9.79. The van der Waals surface area contributed by atoms with Gasteiger partial charge in [0.05, 0.1) is 22.7 Å². The number of imide groups is 2. The van der Waals surface area contributed by atoms with Gasteiger partial charge in [-0.2, -0.15) is 0 Å². The fraction of sp³-hybridized carbons (Fsp3) is 0.263. The molecule has 6 rings (SSSR count). The molecule has 0 radical (unpaired) electrons. The zero-order valence-corrected chi connectivity index (χ0v) is 25.5. The Hall–Kier alpha value is -5.04. The SMILES string of the molecule is CC(C)C1COC(=O)N1C(=O)CC[C@](Cc1ccccc1)(Cc1ccc(-c2ccccc2)cc1)N1C(=O)c2ccccc2C1=O. The number of rotatable bonds is 10. The maximum absolute atomic E-state index is 14.1. The van der Waals surface area contributed by atoms with Crippen molar-refractivity contribution in [3.8, 4) is 11.1 Å². The van der Waals surface area contributed by atoms with E-state index in [0.717, 1.165) is 22.3 Å². The van der Waals surface area contributed by atoms with E-state index in [0.29, 0.717) is 24.0 Å². The number of carbonyl (C=O) groups is 4. The summed E-state index contributed by atoms with van der Waals surface area (Å²) in [7, 11) is 0. The van der Waals surface area contributed by atoms with Gasteiger partial charge in [-0.25, -0.2) is 9.69 Å². The topological polar surface area (TPSA) is 84.0 Å². The number of hydrogen-bond donors (Lipinski definition) is 0. The number of amides is 4. The second kappa shape index (κ2) is 12.5. The minimum absolute atomic E-state index is 0.0221. The van der Waals surface area contributed by atoms with E-state index < -0.39 is 11.6 Å². The first-order valence-corrected chi connectivity index (χ1v) is 15.4. The van der Waals surface area contributed by atoms with E-state index in [9.17, 15) is 19.2 Å². The van der Waals surface area contributed by atoms with Gasteiger partial charge in [0.2, 0.25) is 5.91 Å². The molecule has 0 bridgehead atoms. The van der Waals surface area contributed by atoms with Gasteiger partial charge in [-0.05, 0) is 59.6 Å². The molecule has 2 atom stereocenters. The van der Waals surface area contributed by atoms with Crippen LogP contribution in [-0.2, 0) is 22.4 Å². The van der Waals surface area contributed by atoms with E-state index in [4.69, 9.17) is 4.74 Å². The maximum Gasteiger partial charge on any atom is 0.416 e. The second-order valence-electron chi connectivity index (χ2n) is 12.3. The number of cyclic esters (lactones) is 1. The molecule has 0 saturated carbocycles. The van der Waals surface area contributed by atoms with Gasteiger partial charge < -0.3 is 4.74 Å². The molecule has 0 aromatic heterocycles. The molecule has 228 valence electrons. The van der Waals surface area contributed by atoms with Gasteiger partial charge in [0, 0.05) is 6.42 Å². The summed E-state index contributed by atoms with van der Waals surface area (Å²) in [5.74, 6) is -1.10. The third-order valence-corrected chi connectivity index (χ3v) is 8.99. The number of ether oxygens (including phenoxy) is 1. The van der Waals surface area contributed by atoms with Gasteiger partial charge in [0.1, 0.15) is 6.61 Å². The minimum atomic E-state index is -1.10. The largest absolute Gasteiger partial charge is 0.447 e. The van der Waals surface area contributed by atoms with E-state index in [1.165, 1.54) is 9.80 Å². The first-order chi connectivity index (χ1) is 21.8. The van der Waals surface area contributed by atoms with Gasteiger partial charge in [0.15, 0.2) is 0 Å². The summed E-state index contributed by atoms with van der Waals surface area (Å²) in [6.07, 6.45) is 0.144. The molecule has 7 nitrogen and oxygen atoms in total. The third-order valence-electron chi connectivity index (χ3n) is 8.99. The lowest BCUT2D eigenvalue weighted by molar-refractivity contribution is -0.130. The molecule has 4 aromatic rings. The maximum atomic E-state index is 14.1. The van der Waals surface area contributed by atoms with E-state index in [1.807, 2.05) is 98.8 Å². The second-order valence-corrected chi connectivity index (χ2v) is 12.3. The first kappa shape index (κ1) is 30.0. The zero-order valence-electron chi connectivity index (χ0n) is 25.5. The zero-order chi connectivity index (χ0) is 31.6. The number of nitrogens with zero attached hydrogens (tertiary/aromatic N) is 2. The average Bonchev–Trinajstić information content (AvgIpc) is 3.58. The van der Waals surface area contributed by atoms with Crippen molar-refractivity contribution in [1.82, 2.24) is 9.80 Å². The molecule has 0 aliphatic carbocycles. The van der Waals surface area contributed by atoms with Crippen molar-refractivity contribution in [2.75, 3.05) is 6.61 Å². The molecule has 1 unspecified atom stereocenters. The van der Waals surface area contributed by atoms with Crippen molar-refractivity contribution in [3.05, 3.63) is 131 Å². The molecule has 0 spiro atoms. The lowest BCUT2D eigenvalue weighted by Gasteiger charge is -2.41. The standard InChI is InChI=1S/C38H36N2O5/c1-26(2)33-25-45-37(44)39(33)34(41)21-22-38(23-27-11-5-3-6-12-27,40-35(42)31-15-9-10-16-32(31)36(40)43)24-28-17-19-30(20-18-28)29-13-7-4-8-14-29/h3-20,26,33H,21-25H2,1-2H3/t33?,38-/m0/s1. The summed E-state index contributed by atoms with van der Waals surface area (Å²) >= 11 is 0. The Morgan fingerprint density at radius 3 is 1.82 bits per heavy atom. The van der Waals surface area contributed by atoms with Crippen molar-refractivity contribution >= 4 is 23.8 Å². The summed E-state index contributed by atoms with van der Waals surface area (Å²) in [5.41, 5.74) is 3.61. The molecule has 2 aliphatic rings. The summed E-state index contributed by atoms with van der Waals surface area (Å²) in [4.78, 5) is 57.2. The summed E-state index contributed by atoms with van der Waals surface area (Å²) in [6, 6.07) is 34.4. The normalized spacial score (nSPS) is 17.4. The number of fused-ring (bicyclic) bond motifs is 1. The van der Waals surface area contributed by atoms with E-state index >= 15 is 0 Å². The fourth-order valence-corrected chi connectivity index (χ4v) is 6.60. The van der Waals surface area contributed by atoms with E-state index in [1.54, 1.807) is 24.3 Å². The molecule has 4 amide bonds. The number of benzene rings is 4. The predicted molar refractivity (Wildman–Crippen MR) is 171 cm³/mol. The molecule has 4 aromatic carbocycles. The minimum Gasteiger partial charge on any atom is -0.447 e. The van der Waals surface area contributed by atoms with Gasteiger partial charge in [-0.15, -0.1) is 0 Å². The van der Waals surface area contributed by atoms with Gasteiger partial charge in [-0.3, -0.25) is 19.3 Å². The molecule has 45 heavy (non-hydrogen) atoms. The smallest absolute Gasteiger partial charge is 0.416 e. The Balaban J connectivity index is 1.41. The van der Waals surface area contributed by atoms with E-state index in [2.05, 4.69) is 0 Å². The van der Waals surface area contributed by atoms with Crippen LogP contribution in [0.3, 0.4) is 0 Å². The average molecular weight is 601 g/mol. The van der Waals surface area contributed by atoms with Crippen LogP contribution in [0.15, 0.2) is 109 Å². The molecule has 1 fully saturated rings. The molecule has 1 saturated heterocycles. The van der Waals surface area contributed by atoms with Crippen LogP contribution in [0, 0.1) is 5.92 Å². The highest BCUT2D eigenvalue weighted by molar-refractivity contribution is 6.22. The van der Waals surface area contributed by atoms with Crippen LogP contribution in [-0.4, -0.2) is 51.8 Å². The molecule has 7 heteroatoms. The van der Waals surface area contributed by atoms with Gasteiger partial charge >= 0.3 is 6.09 Å². The highest BCUT2D eigenvalue weighted by Gasteiger charge is 2.50. The molecule has 0 N–H and O–H groups in total. The predicted octanol–water partition coefficient (Wildman–Crippen LogP) is 6.96. The Bertz CT molecular complexity index is 1680. The van der Waals surface area contributed by atoms with Crippen LogP contribution in [0.2, 0.25) is 0 Å². The number of hydrogen-bond acceptors (Lipinski definition) is 5. The quantitative estimate of drug-likeness (QED) is 0.184. The highest BCUT2D eigenvalue weighted by Crippen LogP contribution is 2.38. The van der Waals surface area contributed by atoms with Crippen LogP contribution in [0.4, 0.5) is 4.79 Å². The Morgan fingerprint density at radius 1 is 0.733 bits per heavy atom. The van der Waals surface area contributed by atoms with Crippen molar-refractivity contribution in [2.24, 2.45) is 5.92 Å². The molecule has 2 heterocycles. The third kappa shape index (κ3) is 5.90. The van der Waals surface area contributed by atoms with Gasteiger partial charge in [-0.1, -0.05) is 111 Å². The fourth-order valence-electron chi connectivity index (χ4n) is 6.60. The Morgan fingerprint density at radius 2 is 1.24 bits per heavy atom.